The van der Waals surface area contributed by atoms with Gasteiger partial charge in [0.05, 0.1) is 12.7 Å². The fourth-order valence-electron chi connectivity index (χ4n) is 2.00. The smallest absolute Gasteiger partial charge is 0.494 e. The van der Waals surface area contributed by atoms with Crippen LogP contribution in [0.25, 0.3) is 0 Å². The molecule has 19 heavy (non-hydrogen) atoms. The topological polar surface area (TPSA) is 27.7 Å². The molecule has 0 aliphatic carbocycles. The predicted octanol–water partition coefficient (Wildman–Crippen LogP) is 2.38. The van der Waals surface area contributed by atoms with E-state index in [1.165, 1.54) is 13.2 Å². The molecule has 1 saturated heterocycles. The molecule has 0 spiro atoms. The number of hydrogen-bond donors (Lipinski definition) is 0. The molecule has 0 aromatic heterocycles. The average molecular weight is 266 g/mol. The second-order valence-electron chi connectivity index (χ2n) is 6.02. The van der Waals surface area contributed by atoms with Crippen molar-refractivity contribution in [3.8, 4) is 5.75 Å². The van der Waals surface area contributed by atoms with Gasteiger partial charge < -0.3 is 14.0 Å². The summed E-state index contributed by atoms with van der Waals surface area (Å²) >= 11 is 0. The first-order chi connectivity index (χ1) is 8.78. The van der Waals surface area contributed by atoms with Gasteiger partial charge in [-0.1, -0.05) is 26.0 Å². The van der Waals surface area contributed by atoms with E-state index in [0.29, 0.717) is 12.1 Å². The van der Waals surface area contributed by atoms with Crippen molar-refractivity contribution in [2.45, 2.75) is 33.3 Å². The highest BCUT2D eigenvalue weighted by molar-refractivity contribution is 6.62. The summed E-state index contributed by atoms with van der Waals surface area (Å²) in [6, 6.07) is 4.76. The molecule has 0 bridgehead atoms. The van der Waals surface area contributed by atoms with Crippen molar-refractivity contribution in [3.63, 3.8) is 0 Å². The molecule has 5 heteroatoms. The van der Waals surface area contributed by atoms with Crippen LogP contribution in [0.15, 0.2) is 18.2 Å². The first-order valence-electron chi connectivity index (χ1n) is 6.40. The minimum absolute atomic E-state index is 0.107. The van der Waals surface area contributed by atoms with Crippen molar-refractivity contribution >= 4 is 12.6 Å². The van der Waals surface area contributed by atoms with Gasteiger partial charge in [-0.25, -0.2) is 4.39 Å². The molecule has 3 nitrogen and oxygen atoms in total. The number of rotatable bonds is 2. The Balaban J connectivity index is 2.33. The van der Waals surface area contributed by atoms with Crippen LogP contribution in [0.3, 0.4) is 0 Å². The molecule has 0 unspecified atom stereocenters. The quantitative estimate of drug-likeness (QED) is 0.769. The second kappa shape index (κ2) is 4.80. The third-order valence-corrected chi connectivity index (χ3v) is 4.08. The molecule has 2 rings (SSSR count). The largest absolute Gasteiger partial charge is 0.498 e. The van der Waals surface area contributed by atoms with E-state index >= 15 is 0 Å². The van der Waals surface area contributed by atoms with Crippen molar-refractivity contribution in [2.24, 2.45) is 5.41 Å². The van der Waals surface area contributed by atoms with E-state index in [2.05, 4.69) is 13.8 Å². The first-order valence-corrected chi connectivity index (χ1v) is 6.40. The minimum Gasteiger partial charge on any atom is -0.494 e. The second-order valence-corrected chi connectivity index (χ2v) is 6.02. The Morgan fingerprint density at radius 3 is 2.53 bits per heavy atom. The van der Waals surface area contributed by atoms with Gasteiger partial charge in [0.25, 0.3) is 0 Å². The van der Waals surface area contributed by atoms with Gasteiger partial charge in [0.1, 0.15) is 0 Å². The number of hydrogen-bond acceptors (Lipinski definition) is 3. The molecule has 1 aliphatic heterocycles. The summed E-state index contributed by atoms with van der Waals surface area (Å²) in [6.45, 7) is 8.77. The summed E-state index contributed by atoms with van der Waals surface area (Å²) in [4.78, 5) is 0. The van der Waals surface area contributed by atoms with Crippen molar-refractivity contribution in [2.75, 3.05) is 13.7 Å². The summed E-state index contributed by atoms with van der Waals surface area (Å²) < 4.78 is 30.6. The van der Waals surface area contributed by atoms with E-state index in [-0.39, 0.29) is 16.8 Å². The Morgan fingerprint density at radius 1 is 1.26 bits per heavy atom. The summed E-state index contributed by atoms with van der Waals surface area (Å²) in [5.74, 6) is -0.224. The highest BCUT2D eigenvalue weighted by atomic mass is 19.1. The molecule has 0 amide bonds. The average Bonchev–Trinajstić information content (AvgIpc) is 2.32. The van der Waals surface area contributed by atoms with Crippen molar-refractivity contribution < 1.29 is 18.4 Å². The first kappa shape index (κ1) is 14.3. The van der Waals surface area contributed by atoms with E-state index in [0.717, 1.165) is 0 Å². The molecular formula is C14H20BFO3. The number of halogens is 1. The van der Waals surface area contributed by atoms with Crippen LogP contribution in [0, 0.1) is 11.2 Å². The Morgan fingerprint density at radius 2 is 1.95 bits per heavy atom. The molecule has 0 radical (unpaired) electrons. The molecule has 1 aliphatic rings. The lowest BCUT2D eigenvalue weighted by Crippen LogP contribution is -2.58. The van der Waals surface area contributed by atoms with Gasteiger partial charge in [-0.15, -0.1) is 0 Å². The zero-order chi connectivity index (χ0) is 14.3. The van der Waals surface area contributed by atoms with Gasteiger partial charge in [-0.05, 0) is 19.9 Å². The highest BCUT2D eigenvalue weighted by Crippen LogP contribution is 2.38. The molecule has 0 atom stereocenters. The van der Waals surface area contributed by atoms with Crippen LogP contribution in [0.4, 0.5) is 4.39 Å². The molecule has 0 saturated carbocycles. The zero-order valence-corrected chi connectivity index (χ0v) is 12.1. The standard InChI is InChI=1S/C14H20BFO3/c1-13(2)9-18-15(19-14(13,3)4)10-7-6-8-11(16)12(10)17-5/h6-8H,9H2,1-5H3. The summed E-state index contributed by atoms with van der Waals surface area (Å²) in [7, 11) is 0.841. The third-order valence-electron chi connectivity index (χ3n) is 4.08. The fraction of sp³-hybridized carbons (Fsp3) is 0.571. The van der Waals surface area contributed by atoms with E-state index < -0.39 is 12.9 Å². The summed E-state index contributed by atoms with van der Waals surface area (Å²) in [6.07, 6.45) is 0. The number of methoxy groups -OCH3 is 1. The lowest BCUT2D eigenvalue weighted by molar-refractivity contribution is -0.0938. The fourth-order valence-corrected chi connectivity index (χ4v) is 2.00. The molecule has 1 aromatic rings. The van der Waals surface area contributed by atoms with Crippen molar-refractivity contribution in [1.82, 2.24) is 0 Å². The van der Waals surface area contributed by atoms with E-state index in [4.69, 9.17) is 14.0 Å². The lowest BCUT2D eigenvalue weighted by Gasteiger charge is -2.47. The Bertz CT molecular complexity index is 474. The molecular weight excluding hydrogens is 246 g/mol. The molecule has 104 valence electrons. The maximum Gasteiger partial charge on any atom is 0.498 e. The van der Waals surface area contributed by atoms with Crippen LogP contribution >= 0.6 is 0 Å². The normalized spacial score (nSPS) is 21.3. The maximum atomic E-state index is 13.7. The SMILES string of the molecule is COc1c(F)cccc1B1OCC(C)(C)C(C)(C)O1. The van der Waals surface area contributed by atoms with Gasteiger partial charge in [0.2, 0.25) is 0 Å². The van der Waals surface area contributed by atoms with Gasteiger partial charge >= 0.3 is 7.12 Å². The molecule has 1 fully saturated rings. The van der Waals surface area contributed by atoms with Crippen molar-refractivity contribution in [1.29, 1.82) is 0 Å². The van der Waals surface area contributed by atoms with Crippen LogP contribution in [-0.2, 0) is 9.31 Å². The van der Waals surface area contributed by atoms with Gasteiger partial charge in [-0.3, -0.25) is 0 Å². The number of ether oxygens (including phenoxy) is 1. The van der Waals surface area contributed by atoms with Crippen LogP contribution in [-0.4, -0.2) is 26.4 Å². The van der Waals surface area contributed by atoms with Gasteiger partial charge in [0, 0.05) is 17.5 Å². The van der Waals surface area contributed by atoms with E-state index in [1.807, 2.05) is 13.8 Å². The van der Waals surface area contributed by atoms with E-state index in [9.17, 15) is 4.39 Å². The third kappa shape index (κ3) is 2.49. The Labute approximate surface area is 114 Å². The number of benzene rings is 1. The predicted molar refractivity (Wildman–Crippen MR) is 73.2 cm³/mol. The Kier molecular flexibility index (Phi) is 3.62. The van der Waals surface area contributed by atoms with Crippen LogP contribution in [0.5, 0.6) is 5.75 Å². The summed E-state index contributed by atoms with van der Waals surface area (Å²) in [5.41, 5.74) is 0.114. The molecule has 0 N–H and O–H groups in total. The van der Waals surface area contributed by atoms with Gasteiger partial charge in [-0.2, -0.15) is 0 Å². The number of para-hydroxylation sites is 1. The highest BCUT2D eigenvalue weighted by Gasteiger charge is 2.47. The molecule has 1 aromatic carbocycles. The van der Waals surface area contributed by atoms with Gasteiger partial charge in [0.15, 0.2) is 11.6 Å². The monoisotopic (exact) mass is 266 g/mol. The lowest BCUT2D eigenvalue weighted by atomic mass is 9.69. The summed E-state index contributed by atoms with van der Waals surface area (Å²) in [5, 5.41) is 0. The zero-order valence-electron chi connectivity index (χ0n) is 12.1. The Hall–Kier alpha value is -1.07. The molecule has 1 heterocycles. The van der Waals surface area contributed by atoms with Crippen LogP contribution in [0.2, 0.25) is 0 Å². The van der Waals surface area contributed by atoms with Crippen LogP contribution < -0.4 is 10.2 Å². The van der Waals surface area contributed by atoms with Crippen molar-refractivity contribution in [3.05, 3.63) is 24.0 Å². The minimum atomic E-state index is -0.603. The van der Waals surface area contributed by atoms with E-state index in [1.54, 1.807) is 12.1 Å². The maximum absolute atomic E-state index is 13.7. The van der Waals surface area contributed by atoms with Crippen LogP contribution in [0.1, 0.15) is 27.7 Å².